The summed E-state index contributed by atoms with van der Waals surface area (Å²) in [6.45, 7) is 6.78. The van der Waals surface area contributed by atoms with E-state index < -0.39 is 0 Å². The Balaban J connectivity index is 1.32. The number of nitrogens with one attached hydrogen (secondary N) is 1. The maximum Gasteiger partial charge on any atom is 0.321 e. The second-order valence-electron chi connectivity index (χ2n) is 7.88. The number of carbonyl (C=O) groups excluding carboxylic acids is 1. The van der Waals surface area contributed by atoms with Gasteiger partial charge in [-0.25, -0.2) is 4.79 Å². The minimum atomic E-state index is -0.00444. The predicted molar refractivity (Wildman–Crippen MR) is 101 cm³/mol. The summed E-state index contributed by atoms with van der Waals surface area (Å²) in [6, 6.07) is 6.04. The quantitative estimate of drug-likeness (QED) is 0.896. The number of carbonyl (C=O) groups is 1. The number of anilines is 1. The maximum atomic E-state index is 12.6. The Morgan fingerprint density at radius 1 is 1.19 bits per heavy atom. The van der Waals surface area contributed by atoms with E-state index >= 15 is 0 Å². The van der Waals surface area contributed by atoms with Crippen LogP contribution in [0.15, 0.2) is 24.5 Å². The molecule has 1 N–H and O–H groups in total. The van der Waals surface area contributed by atoms with Crippen molar-refractivity contribution in [3.63, 3.8) is 0 Å². The van der Waals surface area contributed by atoms with E-state index in [1.165, 1.54) is 24.0 Å². The minimum Gasteiger partial charge on any atom is -0.324 e. The molecule has 1 unspecified atom stereocenters. The summed E-state index contributed by atoms with van der Waals surface area (Å²) in [5.41, 5.74) is 3.29. The molecule has 1 aliphatic heterocycles. The van der Waals surface area contributed by atoms with Crippen LogP contribution in [0.4, 0.5) is 10.5 Å². The predicted octanol–water partition coefficient (Wildman–Crippen LogP) is 3.40. The molecule has 1 atom stereocenters. The molecule has 2 heterocycles. The van der Waals surface area contributed by atoms with Gasteiger partial charge in [-0.15, -0.1) is 10.2 Å². The summed E-state index contributed by atoms with van der Waals surface area (Å²) in [5, 5.41) is 11.4. The van der Waals surface area contributed by atoms with Crippen LogP contribution in [0.1, 0.15) is 36.2 Å². The molecule has 1 saturated carbocycles. The van der Waals surface area contributed by atoms with Gasteiger partial charge in [0.25, 0.3) is 0 Å². The van der Waals surface area contributed by atoms with Crippen LogP contribution in [-0.2, 0) is 13.0 Å². The fourth-order valence-electron chi connectivity index (χ4n) is 3.63. The molecule has 4 rings (SSSR count). The Bertz CT molecular complexity index is 795. The van der Waals surface area contributed by atoms with Gasteiger partial charge in [0.15, 0.2) is 0 Å². The topological polar surface area (TPSA) is 63.1 Å². The van der Waals surface area contributed by atoms with Gasteiger partial charge >= 0.3 is 6.03 Å². The standard InChI is InChI=1S/C20H27N5O/c1-14-3-6-18(9-15(14)2)22-20(26)24-8-7-17(12-24)10-19-23-21-13-25(19)11-16-4-5-16/h3,6,9,13,16-17H,4-5,7-8,10-12H2,1-2H3,(H,22,26). The molecule has 1 saturated heterocycles. The highest BCUT2D eigenvalue weighted by atomic mass is 16.2. The molecular formula is C20H27N5O. The molecule has 2 amide bonds. The highest BCUT2D eigenvalue weighted by molar-refractivity contribution is 5.89. The van der Waals surface area contributed by atoms with Crippen molar-refractivity contribution in [1.82, 2.24) is 19.7 Å². The summed E-state index contributed by atoms with van der Waals surface area (Å²) in [6.07, 6.45) is 6.44. The first-order chi connectivity index (χ1) is 12.6. The van der Waals surface area contributed by atoms with E-state index in [0.29, 0.717) is 5.92 Å². The second-order valence-corrected chi connectivity index (χ2v) is 7.88. The number of benzene rings is 1. The molecule has 2 aliphatic rings. The van der Waals surface area contributed by atoms with Gasteiger partial charge < -0.3 is 14.8 Å². The normalized spacial score (nSPS) is 19.8. The van der Waals surface area contributed by atoms with Crippen molar-refractivity contribution in [2.45, 2.75) is 46.1 Å². The van der Waals surface area contributed by atoms with Crippen molar-refractivity contribution >= 4 is 11.7 Å². The van der Waals surface area contributed by atoms with Gasteiger partial charge in [0, 0.05) is 31.7 Å². The minimum absolute atomic E-state index is 0.00444. The molecule has 0 bridgehead atoms. The zero-order chi connectivity index (χ0) is 18.1. The van der Waals surface area contributed by atoms with Gasteiger partial charge in [-0.3, -0.25) is 0 Å². The van der Waals surface area contributed by atoms with Gasteiger partial charge in [-0.2, -0.15) is 0 Å². The van der Waals surface area contributed by atoms with E-state index in [2.05, 4.69) is 33.9 Å². The van der Waals surface area contributed by atoms with Gasteiger partial charge in [0.05, 0.1) is 0 Å². The molecule has 6 heteroatoms. The number of hydrogen-bond donors (Lipinski definition) is 1. The first-order valence-corrected chi connectivity index (χ1v) is 9.58. The van der Waals surface area contributed by atoms with E-state index in [1.807, 2.05) is 29.4 Å². The third-order valence-corrected chi connectivity index (χ3v) is 5.65. The van der Waals surface area contributed by atoms with Crippen molar-refractivity contribution in [3.8, 4) is 0 Å². The Kier molecular flexibility index (Phi) is 4.66. The molecular weight excluding hydrogens is 326 g/mol. The fourth-order valence-corrected chi connectivity index (χ4v) is 3.63. The van der Waals surface area contributed by atoms with Crippen molar-refractivity contribution in [2.75, 3.05) is 18.4 Å². The molecule has 26 heavy (non-hydrogen) atoms. The summed E-state index contributed by atoms with van der Waals surface area (Å²) >= 11 is 0. The van der Waals surface area contributed by atoms with E-state index in [1.54, 1.807) is 0 Å². The van der Waals surface area contributed by atoms with Crippen molar-refractivity contribution in [1.29, 1.82) is 0 Å². The summed E-state index contributed by atoms with van der Waals surface area (Å²) in [7, 11) is 0. The average molecular weight is 353 g/mol. The number of likely N-dealkylation sites (tertiary alicyclic amines) is 1. The highest BCUT2D eigenvalue weighted by Crippen LogP contribution is 2.31. The third-order valence-electron chi connectivity index (χ3n) is 5.65. The number of amides is 2. The Morgan fingerprint density at radius 3 is 2.81 bits per heavy atom. The largest absolute Gasteiger partial charge is 0.324 e. The second kappa shape index (κ2) is 7.09. The summed E-state index contributed by atoms with van der Waals surface area (Å²) in [5.74, 6) is 2.34. The van der Waals surface area contributed by atoms with E-state index in [0.717, 1.165) is 49.9 Å². The van der Waals surface area contributed by atoms with Crippen molar-refractivity contribution in [3.05, 3.63) is 41.5 Å². The Hall–Kier alpha value is -2.37. The van der Waals surface area contributed by atoms with Crippen LogP contribution >= 0.6 is 0 Å². The van der Waals surface area contributed by atoms with Crippen LogP contribution in [0.25, 0.3) is 0 Å². The van der Waals surface area contributed by atoms with Crippen LogP contribution in [0, 0.1) is 25.7 Å². The lowest BCUT2D eigenvalue weighted by Gasteiger charge is -2.18. The maximum absolute atomic E-state index is 12.6. The Labute approximate surface area is 154 Å². The number of aryl methyl sites for hydroxylation is 2. The van der Waals surface area contributed by atoms with E-state index in [4.69, 9.17) is 0 Å². The summed E-state index contributed by atoms with van der Waals surface area (Å²) < 4.78 is 2.20. The average Bonchev–Trinajstić information content (AvgIpc) is 3.13. The van der Waals surface area contributed by atoms with Crippen molar-refractivity contribution < 1.29 is 4.79 Å². The molecule has 1 aliphatic carbocycles. The van der Waals surface area contributed by atoms with Gasteiger partial charge in [-0.1, -0.05) is 6.07 Å². The van der Waals surface area contributed by atoms with Crippen LogP contribution in [0.2, 0.25) is 0 Å². The first-order valence-electron chi connectivity index (χ1n) is 9.58. The molecule has 2 fully saturated rings. The zero-order valence-corrected chi connectivity index (χ0v) is 15.6. The van der Waals surface area contributed by atoms with E-state index in [9.17, 15) is 4.79 Å². The van der Waals surface area contributed by atoms with Crippen LogP contribution in [0.5, 0.6) is 0 Å². The van der Waals surface area contributed by atoms with Gasteiger partial charge in [0.2, 0.25) is 0 Å². The van der Waals surface area contributed by atoms with Crippen molar-refractivity contribution in [2.24, 2.45) is 11.8 Å². The van der Waals surface area contributed by atoms with Crippen LogP contribution in [-0.4, -0.2) is 38.8 Å². The summed E-state index contributed by atoms with van der Waals surface area (Å²) in [4.78, 5) is 14.5. The molecule has 0 radical (unpaired) electrons. The molecule has 6 nitrogen and oxygen atoms in total. The van der Waals surface area contributed by atoms with Gasteiger partial charge in [0.1, 0.15) is 12.2 Å². The lowest BCUT2D eigenvalue weighted by Crippen LogP contribution is -2.33. The highest BCUT2D eigenvalue weighted by Gasteiger charge is 2.29. The molecule has 1 aromatic carbocycles. The molecule has 138 valence electrons. The third kappa shape index (κ3) is 3.89. The number of hydrogen-bond acceptors (Lipinski definition) is 3. The fraction of sp³-hybridized carbons (Fsp3) is 0.550. The number of aromatic nitrogens is 3. The lowest BCUT2D eigenvalue weighted by atomic mass is 10.0. The van der Waals surface area contributed by atoms with E-state index in [-0.39, 0.29) is 6.03 Å². The molecule has 2 aromatic rings. The lowest BCUT2D eigenvalue weighted by molar-refractivity contribution is 0.220. The zero-order valence-electron chi connectivity index (χ0n) is 15.6. The SMILES string of the molecule is Cc1ccc(NC(=O)N2CCC(Cc3nncn3CC3CC3)C2)cc1C. The number of nitrogens with zero attached hydrogens (tertiary/aromatic N) is 4. The smallest absolute Gasteiger partial charge is 0.321 e. The van der Waals surface area contributed by atoms with Crippen LogP contribution < -0.4 is 5.32 Å². The number of urea groups is 1. The Morgan fingerprint density at radius 2 is 2.04 bits per heavy atom. The van der Waals surface area contributed by atoms with Gasteiger partial charge in [-0.05, 0) is 68.2 Å². The number of rotatable bonds is 5. The first kappa shape index (κ1) is 17.1. The monoisotopic (exact) mass is 353 g/mol. The molecule has 0 spiro atoms. The molecule has 1 aromatic heterocycles. The van der Waals surface area contributed by atoms with Crippen LogP contribution in [0.3, 0.4) is 0 Å².